The average molecular weight is 399 g/mol. The van der Waals surface area contributed by atoms with Crippen LogP contribution in [0.5, 0.6) is 0 Å². The van der Waals surface area contributed by atoms with E-state index in [1.165, 1.54) is 14.0 Å². The molecule has 6 heteroatoms. The first-order valence-corrected chi connectivity index (χ1v) is 10.2. The third kappa shape index (κ3) is 5.62. The molecule has 0 aromatic heterocycles. The summed E-state index contributed by atoms with van der Waals surface area (Å²) in [6.45, 7) is 1.93. The summed E-state index contributed by atoms with van der Waals surface area (Å²) in [5.41, 5.74) is 1.81. The maximum atomic E-state index is 12.6. The predicted molar refractivity (Wildman–Crippen MR) is 109 cm³/mol. The number of aliphatic hydroxyl groups is 1. The number of rotatable bonds is 6. The molecular weight excluding hydrogens is 370 g/mol. The smallest absolute Gasteiger partial charge is 0.302 e. The highest BCUT2D eigenvalue weighted by Crippen LogP contribution is 2.34. The maximum Gasteiger partial charge on any atom is 0.302 e. The molecule has 0 bridgehead atoms. The van der Waals surface area contributed by atoms with Crippen molar-refractivity contribution in [2.75, 3.05) is 13.7 Å². The second kappa shape index (κ2) is 9.63. The van der Waals surface area contributed by atoms with Crippen molar-refractivity contribution in [3.8, 4) is 0 Å². The van der Waals surface area contributed by atoms with Crippen LogP contribution in [0.25, 0.3) is 0 Å². The number of aliphatic hydroxyl groups excluding tert-OH is 1. The fourth-order valence-corrected chi connectivity index (χ4v) is 4.07. The molecule has 0 radical (unpaired) electrons. The van der Waals surface area contributed by atoms with Gasteiger partial charge in [-0.15, -0.1) is 0 Å². The van der Waals surface area contributed by atoms with Crippen LogP contribution in [0.2, 0.25) is 0 Å². The fourth-order valence-electron chi connectivity index (χ4n) is 4.07. The number of allylic oxidation sites excluding steroid dienone is 2. The Kier molecular flexibility index (Phi) is 6.96. The van der Waals surface area contributed by atoms with Gasteiger partial charge in [0.1, 0.15) is 11.9 Å². The summed E-state index contributed by atoms with van der Waals surface area (Å²) in [4.78, 5) is 23.7. The average Bonchev–Trinajstić information content (AvgIpc) is 2.73. The predicted octanol–water partition coefficient (Wildman–Crippen LogP) is 4.00. The fraction of sp³-hybridized carbons (Fsp3) is 0.478. The van der Waals surface area contributed by atoms with Crippen LogP contribution < -0.4 is 5.32 Å². The summed E-state index contributed by atoms with van der Waals surface area (Å²) in [5.74, 6) is 0.830. The van der Waals surface area contributed by atoms with Crippen LogP contribution in [-0.4, -0.2) is 36.7 Å². The zero-order valence-corrected chi connectivity index (χ0v) is 17.0. The van der Waals surface area contributed by atoms with Crippen molar-refractivity contribution in [3.63, 3.8) is 0 Å². The molecule has 1 amide bonds. The summed E-state index contributed by atoms with van der Waals surface area (Å²) >= 11 is 0. The van der Waals surface area contributed by atoms with E-state index in [1.807, 2.05) is 24.3 Å². The Labute approximate surface area is 171 Å². The summed E-state index contributed by atoms with van der Waals surface area (Å²) in [6, 6.07) is 7.78. The number of carbonyl (C=O) groups excluding carboxylic acids is 2. The molecule has 2 aliphatic carbocycles. The first kappa shape index (κ1) is 21.0. The molecule has 0 saturated heterocycles. The van der Waals surface area contributed by atoms with E-state index in [-0.39, 0.29) is 29.7 Å². The molecule has 6 nitrogen and oxygen atoms in total. The third-order valence-corrected chi connectivity index (χ3v) is 5.66. The maximum absolute atomic E-state index is 12.6. The summed E-state index contributed by atoms with van der Waals surface area (Å²) in [6.07, 6.45) is 7.70. The van der Waals surface area contributed by atoms with Gasteiger partial charge in [0.05, 0.1) is 7.11 Å². The number of hydrogen-bond acceptors (Lipinski definition) is 5. The minimum atomic E-state index is -0.219. The summed E-state index contributed by atoms with van der Waals surface area (Å²) in [5, 5.41) is 12.7. The number of nitrogens with one attached hydrogen (secondary N) is 1. The Balaban J connectivity index is 1.54. The molecule has 2 N–H and O–H groups in total. The Morgan fingerprint density at radius 1 is 1.21 bits per heavy atom. The van der Waals surface area contributed by atoms with Crippen LogP contribution in [0.3, 0.4) is 0 Å². The van der Waals surface area contributed by atoms with Crippen molar-refractivity contribution in [3.05, 3.63) is 59.1 Å². The molecular formula is C23H29NO5. The summed E-state index contributed by atoms with van der Waals surface area (Å²) in [7, 11) is 1.53. The zero-order valence-electron chi connectivity index (χ0n) is 17.0. The van der Waals surface area contributed by atoms with Gasteiger partial charge in [-0.05, 0) is 55.4 Å². The lowest BCUT2D eigenvalue weighted by Gasteiger charge is -2.28. The van der Waals surface area contributed by atoms with E-state index in [0.29, 0.717) is 30.2 Å². The largest absolute Gasteiger partial charge is 0.505 e. The Morgan fingerprint density at radius 2 is 1.97 bits per heavy atom. The zero-order chi connectivity index (χ0) is 20.8. The van der Waals surface area contributed by atoms with E-state index in [4.69, 9.17) is 9.47 Å². The quantitative estimate of drug-likeness (QED) is 0.707. The van der Waals surface area contributed by atoms with Crippen molar-refractivity contribution in [2.45, 2.75) is 51.0 Å². The van der Waals surface area contributed by atoms with Crippen LogP contribution in [-0.2, 0) is 14.3 Å². The lowest BCUT2D eigenvalue weighted by molar-refractivity contribution is -0.147. The highest BCUT2D eigenvalue weighted by Gasteiger charge is 2.25. The highest BCUT2D eigenvalue weighted by atomic mass is 16.5. The van der Waals surface area contributed by atoms with Crippen molar-refractivity contribution in [1.82, 2.24) is 5.32 Å². The number of hydrogen-bond donors (Lipinski definition) is 2. The number of benzene rings is 1. The van der Waals surface area contributed by atoms with Crippen LogP contribution in [0.1, 0.15) is 60.9 Å². The van der Waals surface area contributed by atoms with Crippen LogP contribution in [0.15, 0.2) is 47.9 Å². The molecule has 3 rings (SSSR count). The van der Waals surface area contributed by atoms with E-state index >= 15 is 0 Å². The van der Waals surface area contributed by atoms with E-state index in [9.17, 15) is 14.7 Å². The molecule has 1 unspecified atom stereocenters. The number of carbonyl (C=O) groups is 2. The van der Waals surface area contributed by atoms with Gasteiger partial charge in [0.15, 0.2) is 5.76 Å². The lowest BCUT2D eigenvalue weighted by atomic mass is 9.82. The van der Waals surface area contributed by atoms with Gasteiger partial charge in [0, 0.05) is 31.4 Å². The molecule has 1 aromatic carbocycles. The monoisotopic (exact) mass is 399 g/mol. The number of ether oxygens (including phenoxy) is 2. The Bertz CT molecular complexity index is 805. The molecule has 29 heavy (non-hydrogen) atoms. The molecule has 1 atom stereocenters. The van der Waals surface area contributed by atoms with Gasteiger partial charge in [0.25, 0.3) is 5.91 Å². The minimum Gasteiger partial charge on any atom is -0.505 e. The van der Waals surface area contributed by atoms with Gasteiger partial charge < -0.3 is 19.9 Å². The SMILES string of the molecule is COC1=C(O)C=CC(CNC(=O)c2cccc(C3CCC(OC(C)=O)CC3)c2)C1. The molecule has 0 aliphatic heterocycles. The topological polar surface area (TPSA) is 84.9 Å². The van der Waals surface area contributed by atoms with E-state index in [0.717, 1.165) is 31.2 Å². The van der Waals surface area contributed by atoms with Crippen molar-refractivity contribution < 1.29 is 24.2 Å². The van der Waals surface area contributed by atoms with Gasteiger partial charge in [-0.3, -0.25) is 9.59 Å². The minimum absolute atomic E-state index is 0.0178. The van der Waals surface area contributed by atoms with E-state index < -0.39 is 0 Å². The van der Waals surface area contributed by atoms with Crippen LogP contribution in [0, 0.1) is 5.92 Å². The Hall–Kier alpha value is -2.76. The van der Waals surface area contributed by atoms with Gasteiger partial charge in [-0.2, -0.15) is 0 Å². The van der Waals surface area contributed by atoms with Gasteiger partial charge in [0.2, 0.25) is 0 Å². The number of methoxy groups -OCH3 is 1. The molecule has 0 heterocycles. The van der Waals surface area contributed by atoms with Gasteiger partial charge >= 0.3 is 5.97 Å². The molecule has 1 fully saturated rings. The van der Waals surface area contributed by atoms with Crippen LogP contribution >= 0.6 is 0 Å². The molecule has 0 spiro atoms. The van der Waals surface area contributed by atoms with E-state index in [2.05, 4.69) is 11.4 Å². The first-order chi connectivity index (χ1) is 14.0. The lowest BCUT2D eigenvalue weighted by Crippen LogP contribution is -2.30. The van der Waals surface area contributed by atoms with Crippen molar-refractivity contribution >= 4 is 11.9 Å². The molecule has 1 aromatic rings. The normalized spacial score (nSPS) is 24.1. The molecule has 156 valence electrons. The van der Waals surface area contributed by atoms with Gasteiger partial charge in [-0.1, -0.05) is 18.2 Å². The first-order valence-electron chi connectivity index (χ1n) is 10.2. The second-order valence-electron chi connectivity index (χ2n) is 7.75. The van der Waals surface area contributed by atoms with Crippen molar-refractivity contribution in [2.24, 2.45) is 5.92 Å². The van der Waals surface area contributed by atoms with Crippen LogP contribution in [0.4, 0.5) is 0 Å². The molecule has 2 aliphatic rings. The number of esters is 1. The second-order valence-corrected chi connectivity index (χ2v) is 7.75. The highest BCUT2D eigenvalue weighted by molar-refractivity contribution is 5.94. The standard InChI is InChI=1S/C23H29NO5/c1-15(25)29-20-9-7-17(8-10-20)18-4-3-5-19(13-18)23(27)24-14-16-6-11-21(26)22(12-16)28-2/h3-6,11,13,16-17,20,26H,7-10,12,14H2,1-2H3,(H,24,27). The van der Waals surface area contributed by atoms with Gasteiger partial charge in [-0.25, -0.2) is 0 Å². The van der Waals surface area contributed by atoms with Crippen molar-refractivity contribution in [1.29, 1.82) is 0 Å². The third-order valence-electron chi connectivity index (χ3n) is 5.66. The number of amides is 1. The summed E-state index contributed by atoms with van der Waals surface area (Å²) < 4.78 is 10.5. The molecule has 1 saturated carbocycles. The van der Waals surface area contributed by atoms with E-state index in [1.54, 1.807) is 6.08 Å². The Morgan fingerprint density at radius 3 is 2.66 bits per heavy atom.